The minimum atomic E-state index is -0.235. The number of amides is 1. The predicted molar refractivity (Wildman–Crippen MR) is 114 cm³/mol. The van der Waals surface area contributed by atoms with Gasteiger partial charge in [0.1, 0.15) is 0 Å². The summed E-state index contributed by atoms with van der Waals surface area (Å²) >= 11 is 0. The Balaban J connectivity index is 2.60. The highest BCUT2D eigenvalue weighted by Gasteiger charge is 2.13. The molecule has 0 aliphatic rings. The van der Waals surface area contributed by atoms with E-state index in [4.69, 9.17) is 0 Å². The maximum absolute atomic E-state index is 12.0. The van der Waals surface area contributed by atoms with Crippen molar-refractivity contribution in [2.45, 2.75) is 60.2 Å². The van der Waals surface area contributed by atoms with E-state index >= 15 is 0 Å². The summed E-state index contributed by atoms with van der Waals surface area (Å²) < 4.78 is 0. The van der Waals surface area contributed by atoms with Crippen LogP contribution in [0.2, 0.25) is 0 Å². The van der Waals surface area contributed by atoms with Crippen LogP contribution in [0.3, 0.4) is 0 Å². The molecule has 152 valence electrons. The molecule has 6 nitrogen and oxygen atoms in total. The SMILES string of the molecule is CCNC(=NCc1ccc(CN(CC)CC)cc1)NCC(=O)NC(C)(C)C. The number of hydrogen-bond donors (Lipinski definition) is 3. The molecule has 1 rings (SSSR count). The van der Waals surface area contributed by atoms with E-state index in [1.165, 1.54) is 5.56 Å². The number of carbonyl (C=O) groups excluding carboxylic acids is 1. The number of nitrogens with zero attached hydrogens (tertiary/aromatic N) is 2. The van der Waals surface area contributed by atoms with E-state index < -0.39 is 0 Å². The summed E-state index contributed by atoms with van der Waals surface area (Å²) in [7, 11) is 0. The molecule has 0 atom stereocenters. The lowest BCUT2D eigenvalue weighted by Gasteiger charge is -2.21. The first kappa shape index (κ1) is 23.0. The summed E-state index contributed by atoms with van der Waals surface area (Å²) in [6, 6.07) is 8.58. The van der Waals surface area contributed by atoms with Crippen molar-refractivity contribution in [2.24, 2.45) is 4.99 Å². The third-order valence-corrected chi connectivity index (χ3v) is 4.02. The van der Waals surface area contributed by atoms with Crippen LogP contribution in [-0.4, -0.2) is 48.5 Å². The van der Waals surface area contributed by atoms with Crippen molar-refractivity contribution in [3.05, 3.63) is 35.4 Å². The van der Waals surface area contributed by atoms with Crippen molar-refractivity contribution in [2.75, 3.05) is 26.2 Å². The van der Waals surface area contributed by atoms with Crippen LogP contribution in [0.4, 0.5) is 0 Å². The van der Waals surface area contributed by atoms with Gasteiger partial charge in [0, 0.05) is 18.6 Å². The molecule has 27 heavy (non-hydrogen) atoms. The van der Waals surface area contributed by atoms with Crippen molar-refractivity contribution >= 4 is 11.9 Å². The number of rotatable bonds is 9. The zero-order valence-corrected chi connectivity index (χ0v) is 17.9. The van der Waals surface area contributed by atoms with E-state index in [0.717, 1.165) is 31.7 Å². The van der Waals surface area contributed by atoms with Gasteiger partial charge in [0.25, 0.3) is 0 Å². The van der Waals surface area contributed by atoms with Crippen molar-refractivity contribution in [3.63, 3.8) is 0 Å². The molecule has 0 bridgehead atoms. The first-order chi connectivity index (χ1) is 12.8. The molecule has 6 heteroatoms. The summed E-state index contributed by atoms with van der Waals surface area (Å²) in [5.74, 6) is 0.600. The normalized spacial score (nSPS) is 12.2. The lowest BCUT2D eigenvalue weighted by molar-refractivity contribution is -0.121. The second kappa shape index (κ2) is 11.6. The summed E-state index contributed by atoms with van der Waals surface area (Å²) in [5, 5.41) is 9.20. The Bertz CT molecular complexity index is 586. The highest BCUT2D eigenvalue weighted by Crippen LogP contribution is 2.08. The molecule has 0 spiro atoms. The van der Waals surface area contributed by atoms with Gasteiger partial charge in [0.2, 0.25) is 5.91 Å². The van der Waals surface area contributed by atoms with Gasteiger partial charge in [0.05, 0.1) is 13.1 Å². The fraction of sp³-hybridized carbons (Fsp3) is 0.619. The molecule has 0 aliphatic heterocycles. The number of guanidine groups is 1. The third kappa shape index (κ3) is 9.99. The molecule has 0 aromatic heterocycles. The van der Waals surface area contributed by atoms with Crippen LogP contribution in [-0.2, 0) is 17.9 Å². The molecule has 0 unspecified atom stereocenters. The summed E-state index contributed by atoms with van der Waals surface area (Å²) in [5.41, 5.74) is 2.23. The summed E-state index contributed by atoms with van der Waals surface area (Å²) in [6.45, 7) is 16.9. The Kier molecular flexibility index (Phi) is 9.86. The molecule has 1 amide bonds. The maximum Gasteiger partial charge on any atom is 0.239 e. The zero-order chi connectivity index (χ0) is 20.3. The quantitative estimate of drug-likeness (QED) is 0.458. The Morgan fingerprint density at radius 1 is 1.00 bits per heavy atom. The topological polar surface area (TPSA) is 68.8 Å². The molecule has 0 saturated heterocycles. The smallest absolute Gasteiger partial charge is 0.239 e. The number of hydrogen-bond acceptors (Lipinski definition) is 3. The minimum Gasteiger partial charge on any atom is -0.357 e. The molecule has 0 fully saturated rings. The lowest BCUT2D eigenvalue weighted by atomic mass is 10.1. The van der Waals surface area contributed by atoms with Gasteiger partial charge in [-0.25, -0.2) is 4.99 Å². The highest BCUT2D eigenvalue weighted by atomic mass is 16.2. The van der Waals surface area contributed by atoms with Gasteiger partial charge < -0.3 is 16.0 Å². The molecular formula is C21H37N5O. The molecule has 0 aliphatic carbocycles. The largest absolute Gasteiger partial charge is 0.357 e. The van der Waals surface area contributed by atoms with E-state index in [2.05, 4.69) is 64.0 Å². The fourth-order valence-electron chi connectivity index (χ4n) is 2.59. The van der Waals surface area contributed by atoms with Gasteiger partial charge in [-0.15, -0.1) is 0 Å². The van der Waals surface area contributed by atoms with Gasteiger partial charge in [-0.3, -0.25) is 9.69 Å². The Labute approximate surface area is 164 Å². The van der Waals surface area contributed by atoms with Crippen molar-refractivity contribution in [1.82, 2.24) is 20.9 Å². The molecule has 0 saturated carbocycles. The number of nitrogens with one attached hydrogen (secondary N) is 3. The second-order valence-electron chi connectivity index (χ2n) is 7.62. The molecule has 0 heterocycles. The molecule has 3 N–H and O–H groups in total. The van der Waals surface area contributed by atoms with Crippen LogP contribution in [0.25, 0.3) is 0 Å². The monoisotopic (exact) mass is 375 g/mol. The van der Waals surface area contributed by atoms with Gasteiger partial charge >= 0.3 is 0 Å². The lowest BCUT2D eigenvalue weighted by Crippen LogP contribution is -2.48. The van der Waals surface area contributed by atoms with Crippen LogP contribution in [0.1, 0.15) is 52.7 Å². The Morgan fingerprint density at radius 2 is 1.59 bits per heavy atom. The van der Waals surface area contributed by atoms with Crippen molar-refractivity contribution < 1.29 is 4.79 Å². The third-order valence-electron chi connectivity index (χ3n) is 4.02. The van der Waals surface area contributed by atoms with Crippen molar-refractivity contribution in [1.29, 1.82) is 0 Å². The van der Waals surface area contributed by atoms with Crippen molar-refractivity contribution in [3.8, 4) is 0 Å². The van der Waals surface area contributed by atoms with Gasteiger partial charge in [-0.2, -0.15) is 0 Å². The predicted octanol–water partition coefficient (Wildman–Crippen LogP) is 2.50. The van der Waals surface area contributed by atoms with E-state index in [1.807, 2.05) is 27.7 Å². The Hall–Kier alpha value is -2.08. The van der Waals surface area contributed by atoms with Crippen LogP contribution in [0.5, 0.6) is 0 Å². The number of aliphatic imine (C=N–C) groups is 1. The number of benzene rings is 1. The first-order valence-corrected chi connectivity index (χ1v) is 9.90. The van der Waals surface area contributed by atoms with Gasteiger partial charge in [0.15, 0.2) is 5.96 Å². The first-order valence-electron chi connectivity index (χ1n) is 9.90. The van der Waals surface area contributed by atoms with E-state index in [0.29, 0.717) is 12.5 Å². The molecular weight excluding hydrogens is 338 g/mol. The average Bonchev–Trinajstić information content (AvgIpc) is 2.61. The average molecular weight is 376 g/mol. The highest BCUT2D eigenvalue weighted by molar-refractivity contribution is 5.86. The molecule has 1 aromatic carbocycles. The van der Waals surface area contributed by atoms with Crippen LogP contribution >= 0.6 is 0 Å². The number of carbonyl (C=O) groups is 1. The van der Waals surface area contributed by atoms with E-state index in [9.17, 15) is 4.79 Å². The van der Waals surface area contributed by atoms with E-state index in [1.54, 1.807) is 0 Å². The van der Waals surface area contributed by atoms with Gasteiger partial charge in [-0.1, -0.05) is 38.1 Å². The zero-order valence-electron chi connectivity index (χ0n) is 17.9. The molecule has 1 aromatic rings. The molecule has 0 radical (unpaired) electrons. The fourth-order valence-corrected chi connectivity index (χ4v) is 2.59. The van der Waals surface area contributed by atoms with E-state index in [-0.39, 0.29) is 18.0 Å². The van der Waals surface area contributed by atoms with Gasteiger partial charge in [-0.05, 0) is 51.9 Å². The van der Waals surface area contributed by atoms with Crippen LogP contribution < -0.4 is 16.0 Å². The van der Waals surface area contributed by atoms with Crippen LogP contribution in [0, 0.1) is 0 Å². The summed E-state index contributed by atoms with van der Waals surface area (Å²) in [6.07, 6.45) is 0. The minimum absolute atomic E-state index is 0.0474. The summed E-state index contributed by atoms with van der Waals surface area (Å²) in [4.78, 5) is 18.9. The Morgan fingerprint density at radius 3 is 2.11 bits per heavy atom. The maximum atomic E-state index is 12.0. The second-order valence-corrected chi connectivity index (χ2v) is 7.62. The standard InChI is InChI=1S/C21H37N5O/c1-7-22-20(24-15-19(27)25-21(4,5)6)23-14-17-10-12-18(13-11-17)16-26(8-2)9-3/h10-13H,7-9,14-16H2,1-6H3,(H,25,27)(H2,22,23,24). The van der Waals surface area contributed by atoms with Crippen LogP contribution in [0.15, 0.2) is 29.3 Å².